The molecular formula is C15H20N2O2S. The Kier molecular flexibility index (Phi) is 4.60. The summed E-state index contributed by atoms with van der Waals surface area (Å²) in [5.41, 5.74) is 1.88. The summed E-state index contributed by atoms with van der Waals surface area (Å²) in [6.45, 7) is 7.86. The highest BCUT2D eigenvalue weighted by Crippen LogP contribution is 2.21. The summed E-state index contributed by atoms with van der Waals surface area (Å²) in [7, 11) is 0. The summed E-state index contributed by atoms with van der Waals surface area (Å²) in [6.07, 6.45) is 1.24. The van der Waals surface area contributed by atoms with Crippen LogP contribution in [0.4, 0.5) is 0 Å². The highest BCUT2D eigenvalue weighted by molar-refractivity contribution is 7.09. The number of nitrogens with zero attached hydrogens (tertiary/aromatic N) is 1. The Balaban J connectivity index is 1.95. The van der Waals surface area contributed by atoms with Crippen LogP contribution in [-0.2, 0) is 17.6 Å². The molecule has 1 N–H and O–H groups in total. The van der Waals surface area contributed by atoms with Crippen LogP contribution in [-0.4, -0.2) is 10.9 Å². The van der Waals surface area contributed by atoms with E-state index in [1.807, 2.05) is 32.2 Å². The van der Waals surface area contributed by atoms with Crippen LogP contribution in [0, 0.1) is 13.8 Å². The van der Waals surface area contributed by atoms with E-state index in [0.29, 0.717) is 6.42 Å². The van der Waals surface area contributed by atoms with Crippen LogP contribution in [0.25, 0.3) is 0 Å². The zero-order chi connectivity index (χ0) is 14.7. The van der Waals surface area contributed by atoms with E-state index in [4.69, 9.17) is 4.42 Å². The van der Waals surface area contributed by atoms with Crippen molar-refractivity contribution in [2.75, 3.05) is 0 Å². The Labute approximate surface area is 123 Å². The van der Waals surface area contributed by atoms with E-state index in [-0.39, 0.29) is 11.9 Å². The molecule has 0 spiro atoms. The molecule has 2 heterocycles. The number of thiazole rings is 1. The van der Waals surface area contributed by atoms with Crippen molar-refractivity contribution in [3.05, 3.63) is 39.2 Å². The molecule has 0 radical (unpaired) electrons. The Morgan fingerprint density at radius 1 is 1.50 bits per heavy atom. The van der Waals surface area contributed by atoms with E-state index in [1.54, 1.807) is 11.3 Å². The molecule has 2 aromatic rings. The highest BCUT2D eigenvalue weighted by atomic mass is 32.1. The van der Waals surface area contributed by atoms with Crippen LogP contribution in [0.5, 0.6) is 0 Å². The first-order chi connectivity index (χ1) is 9.49. The first-order valence-electron chi connectivity index (χ1n) is 6.79. The van der Waals surface area contributed by atoms with E-state index < -0.39 is 0 Å². The summed E-state index contributed by atoms with van der Waals surface area (Å²) in [6, 6.07) is 1.92. The zero-order valence-corrected chi connectivity index (χ0v) is 13.1. The molecule has 20 heavy (non-hydrogen) atoms. The third kappa shape index (κ3) is 3.48. The number of rotatable bonds is 5. The molecule has 0 fully saturated rings. The second kappa shape index (κ2) is 6.22. The molecule has 0 aromatic carbocycles. The van der Waals surface area contributed by atoms with Crippen LogP contribution < -0.4 is 5.32 Å². The van der Waals surface area contributed by atoms with Gasteiger partial charge in [0.15, 0.2) is 0 Å². The SMILES string of the molecule is CCc1nc(CC(=O)NC(C)c2cc(C)oc2C)cs1. The van der Waals surface area contributed by atoms with Crippen molar-refractivity contribution in [2.45, 2.75) is 46.6 Å². The molecule has 4 nitrogen and oxygen atoms in total. The fourth-order valence-electron chi connectivity index (χ4n) is 2.21. The predicted octanol–water partition coefficient (Wildman–Crippen LogP) is 3.34. The van der Waals surface area contributed by atoms with Gasteiger partial charge < -0.3 is 9.73 Å². The minimum Gasteiger partial charge on any atom is -0.466 e. The molecule has 0 saturated carbocycles. The standard InChI is InChI=1S/C15H20N2O2S/c1-5-15-17-12(8-20-15)7-14(18)16-10(3)13-6-9(2)19-11(13)4/h6,8,10H,5,7H2,1-4H3,(H,16,18). The minimum absolute atomic E-state index is 0.0105. The first-order valence-corrected chi connectivity index (χ1v) is 7.67. The number of furan rings is 1. The largest absolute Gasteiger partial charge is 0.466 e. The Morgan fingerprint density at radius 2 is 2.25 bits per heavy atom. The number of aromatic nitrogens is 1. The minimum atomic E-state index is -0.0516. The van der Waals surface area contributed by atoms with Gasteiger partial charge in [-0.1, -0.05) is 6.92 Å². The quantitative estimate of drug-likeness (QED) is 0.919. The van der Waals surface area contributed by atoms with Gasteiger partial charge in [0.2, 0.25) is 5.91 Å². The van der Waals surface area contributed by atoms with Gasteiger partial charge in [-0.25, -0.2) is 4.98 Å². The Hall–Kier alpha value is -1.62. The van der Waals surface area contributed by atoms with Gasteiger partial charge in [0.25, 0.3) is 0 Å². The number of carbonyl (C=O) groups excluding carboxylic acids is 1. The third-order valence-electron chi connectivity index (χ3n) is 3.17. The third-order valence-corrected chi connectivity index (χ3v) is 4.21. The number of carbonyl (C=O) groups is 1. The predicted molar refractivity (Wildman–Crippen MR) is 79.9 cm³/mol. The molecule has 1 amide bonds. The first kappa shape index (κ1) is 14.8. The fourth-order valence-corrected chi connectivity index (χ4v) is 2.95. The van der Waals surface area contributed by atoms with E-state index in [0.717, 1.165) is 34.2 Å². The lowest BCUT2D eigenvalue weighted by Gasteiger charge is -2.12. The number of aryl methyl sites for hydroxylation is 3. The van der Waals surface area contributed by atoms with E-state index in [9.17, 15) is 4.79 Å². The number of nitrogens with one attached hydrogen (secondary N) is 1. The maximum Gasteiger partial charge on any atom is 0.226 e. The molecule has 0 saturated heterocycles. The molecule has 0 aliphatic rings. The maximum atomic E-state index is 12.0. The molecule has 0 aliphatic carbocycles. The van der Waals surface area contributed by atoms with Gasteiger partial charge in [-0.2, -0.15) is 0 Å². The van der Waals surface area contributed by atoms with Crippen molar-refractivity contribution in [3.63, 3.8) is 0 Å². The van der Waals surface area contributed by atoms with Crippen molar-refractivity contribution >= 4 is 17.2 Å². The molecule has 0 bridgehead atoms. The monoisotopic (exact) mass is 292 g/mol. The molecule has 2 rings (SSSR count). The molecular weight excluding hydrogens is 272 g/mol. The highest BCUT2D eigenvalue weighted by Gasteiger charge is 2.16. The number of amides is 1. The van der Waals surface area contributed by atoms with Gasteiger partial charge in [0.1, 0.15) is 11.5 Å². The Morgan fingerprint density at radius 3 is 2.80 bits per heavy atom. The number of hydrogen-bond donors (Lipinski definition) is 1. The second-order valence-electron chi connectivity index (χ2n) is 4.92. The van der Waals surface area contributed by atoms with Crippen LogP contribution >= 0.6 is 11.3 Å². The maximum absolute atomic E-state index is 12.0. The normalized spacial score (nSPS) is 12.4. The van der Waals surface area contributed by atoms with Crippen molar-refractivity contribution < 1.29 is 9.21 Å². The van der Waals surface area contributed by atoms with Crippen LogP contribution in [0.1, 0.15) is 47.7 Å². The van der Waals surface area contributed by atoms with Crippen molar-refractivity contribution in [2.24, 2.45) is 0 Å². The van der Waals surface area contributed by atoms with Crippen LogP contribution in [0.15, 0.2) is 15.9 Å². The summed E-state index contributed by atoms with van der Waals surface area (Å²) >= 11 is 1.61. The molecule has 108 valence electrons. The molecule has 5 heteroatoms. The van der Waals surface area contributed by atoms with Gasteiger partial charge >= 0.3 is 0 Å². The van der Waals surface area contributed by atoms with Crippen molar-refractivity contribution in [1.29, 1.82) is 0 Å². The topological polar surface area (TPSA) is 55.1 Å². The molecule has 1 unspecified atom stereocenters. The van der Waals surface area contributed by atoms with Gasteiger partial charge in [-0.3, -0.25) is 4.79 Å². The van der Waals surface area contributed by atoms with Gasteiger partial charge in [-0.05, 0) is 33.3 Å². The fraction of sp³-hybridized carbons (Fsp3) is 0.467. The van der Waals surface area contributed by atoms with E-state index in [2.05, 4.69) is 17.2 Å². The smallest absolute Gasteiger partial charge is 0.226 e. The lowest BCUT2D eigenvalue weighted by Crippen LogP contribution is -2.28. The van der Waals surface area contributed by atoms with Gasteiger partial charge in [-0.15, -0.1) is 11.3 Å². The number of hydrogen-bond acceptors (Lipinski definition) is 4. The molecule has 0 aliphatic heterocycles. The lowest BCUT2D eigenvalue weighted by atomic mass is 10.1. The van der Waals surface area contributed by atoms with E-state index in [1.165, 1.54) is 0 Å². The molecule has 1 atom stereocenters. The summed E-state index contributed by atoms with van der Waals surface area (Å²) in [5.74, 6) is 1.71. The summed E-state index contributed by atoms with van der Waals surface area (Å²) in [4.78, 5) is 16.4. The molecule has 2 aromatic heterocycles. The van der Waals surface area contributed by atoms with Gasteiger partial charge in [0, 0.05) is 10.9 Å². The zero-order valence-electron chi connectivity index (χ0n) is 12.3. The van der Waals surface area contributed by atoms with Gasteiger partial charge in [0.05, 0.1) is 23.2 Å². The second-order valence-corrected chi connectivity index (χ2v) is 5.86. The average molecular weight is 292 g/mol. The van der Waals surface area contributed by atoms with Crippen LogP contribution in [0.2, 0.25) is 0 Å². The van der Waals surface area contributed by atoms with Crippen molar-refractivity contribution in [1.82, 2.24) is 10.3 Å². The van der Waals surface area contributed by atoms with Crippen molar-refractivity contribution in [3.8, 4) is 0 Å². The Bertz CT molecular complexity index is 601. The average Bonchev–Trinajstić information content (AvgIpc) is 2.95. The van der Waals surface area contributed by atoms with E-state index >= 15 is 0 Å². The summed E-state index contributed by atoms with van der Waals surface area (Å²) < 4.78 is 5.49. The van der Waals surface area contributed by atoms with Crippen LogP contribution in [0.3, 0.4) is 0 Å². The summed E-state index contributed by atoms with van der Waals surface area (Å²) in [5, 5.41) is 6.02. The lowest BCUT2D eigenvalue weighted by molar-refractivity contribution is -0.121.